The number of benzene rings is 2. The molecule has 1 aliphatic carbocycles. The SMILES string of the molecule is O=C1/C(=C/c2cc(C(F)(F)F)cc(C(F)(F)F)c2)CCc2cc(O)ccc21. The van der Waals surface area contributed by atoms with Crippen molar-refractivity contribution >= 4 is 11.9 Å². The number of rotatable bonds is 1. The summed E-state index contributed by atoms with van der Waals surface area (Å²) in [7, 11) is 0. The van der Waals surface area contributed by atoms with E-state index in [-0.39, 0.29) is 34.9 Å². The Balaban J connectivity index is 2.06. The summed E-state index contributed by atoms with van der Waals surface area (Å²) in [5.74, 6) is -0.510. The number of phenols is 1. The maximum absolute atomic E-state index is 12.9. The van der Waals surface area contributed by atoms with Crippen LogP contribution in [0.25, 0.3) is 6.08 Å². The van der Waals surface area contributed by atoms with Crippen LogP contribution in [0.5, 0.6) is 5.75 Å². The van der Waals surface area contributed by atoms with Gasteiger partial charge in [-0.25, -0.2) is 0 Å². The zero-order chi connectivity index (χ0) is 20.0. The number of Topliss-reactive ketones (excluding diaryl/α,β-unsaturated/α-hetero) is 1. The van der Waals surface area contributed by atoms with Crippen LogP contribution in [0.3, 0.4) is 0 Å². The highest BCUT2D eigenvalue weighted by molar-refractivity contribution is 6.13. The van der Waals surface area contributed by atoms with Gasteiger partial charge in [0.15, 0.2) is 5.78 Å². The Morgan fingerprint density at radius 3 is 2.00 bits per heavy atom. The van der Waals surface area contributed by atoms with Crippen molar-refractivity contribution in [2.45, 2.75) is 25.2 Å². The number of hydrogen-bond acceptors (Lipinski definition) is 2. The number of fused-ring (bicyclic) bond motifs is 1. The monoisotopic (exact) mass is 386 g/mol. The second kappa shape index (κ2) is 6.44. The highest BCUT2D eigenvalue weighted by Gasteiger charge is 2.36. The quantitative estimate of drug-likeness (QED) is 0.509. The first-order chi connectivity index (χ1) is 12.4. The summed E-state index contributed by atoms with van der Waals surface area (Å²) in [5.41, 5.74) is -2.25. The molecule has 142 valence electrons. The van der Waals surface area contributed by atoms with Gasteiger partial charge in [-0.05, 0) is 66.4 Å². The van der Waals surface area contributed by atoms with E-state index in [2.05, 4.69) is 0 Å². The summed E-state index contributed by atoms with van der Waals surface area (Å²) in [4.78, 5) is 12.5. The molecule has 0 amide bonds. The fraction of sp³-hybridized carbons (Fsp3) is 0.211. The van der Waals surface area contributed by atoms with Gasteiger partial charge in [-0.15, -0.1) is 0 Å². The fourth-order valence-corrected chi connectivity index (χ4v) is 2.97. The molecule has 2 nitrogen and oxygen atoms in total. The maximum Gasteiger partial charge on any atom is 0.416 e. The molecular formula is C19H12F6O2. The van der Waals surface area contributed by atoms with E-state index in [1.807, 2.05) is 0 Å². The van der Waals surface area contributed by atoms with Crippen LogP contribution < -0.4 is 0 Å². The van der Waals surface area contributed by atoms with Crippen molar-refractivity contribution in [2.24, 2.45) is 0 Å². The summed E-state index contributed by atoms with van der Waals surface area (Å²) >= 11 is 0. The van der Waals surface area contributed by atoms with E-state index in [4.69, 9.17) is 0 Å². The normalized spacial score (nSPS) is 16.5. The molecule has 2 aromatic rings. The van der Waals surface area contributed by atoms with Crippen molar-refractivity contribution in [1.82, 2.24) is 0 Å². The third-order valence-electron chi connectivity index (χ3n) is 4.24. The lowest BCUT2D eigenvalue weighted by atomic mass is 9.85. The van der Waals surface area contributed by atoms with Gasteiger partial charge in [0.1, 0.15) is 5.75 Å². The van der Waals surface area contributed by atoms with Gasteiger partial charge >= 0.3 is 12.4 Å². The smallest absolute Gasteiger partial charge is 0.416 e. The van der Waals surface area contributed by atoms with E-state index >= 15 is 0 Å². The number of aromatic hydroxyl groups is 1. The van der Waals surface area contributed by atoms with E-state index in [9.17, 15) is 36.2 Å². The van der Waals surface area contributed by atoms with Gasteiger partial charge in [0, 0.05) is 11.1 Å². The molecule has 0 aliphatic heterocycles. The first-order valence-corrected chi connectivity index (χ1v) is 7.82. The largest absolute Gasteiger partial charge is 0.508 e. The van der Waals surface area contributed by atoms with Crippen molar-refractivity contribution in [3.8, 4) is 5.75 Å². The third kappa shape index (κ3) is 3.99. The number of phenolic OH excluding ortho intramolecular Hbond substituents is 1. The number of carbonyl (C=O) groups is 1. The average molecular weight is 386 g/mol. The maximum atomic E-state index is 12.9. The molecule has 0 fully saturated rings. The molecule has 0 bridgehead atoms. The number of alkyl halides is 6. The second-order valence-electron chi connectivity index (χ2n) is 6.18. The van der Waals surface area contributed by atoms with E-state index < -0.39 is 29.3 Å². The van der Waals surface area contributed by atoms with Gasteiger partial charge in [0.05, 0.1) is 11.1 Å². The lowest BCUT2D eigenvalue weighted by molar-refractivity contribution is -0.143. The number of carbonyl (C=O) groups excluding carboxylic acids is 1. The first-order valence-electron chi connectivity index (χ1n) is 7.82. The number of allylic oxidation sites excluding steroid dienone is 1. The molecule has 0 spiro atoms. The van der Waals surface area contributed by atoms with Crippen LogP contribution in [0, 0.1) is 0 Å². The Kier molecular flexibility index (Phi) is 4.53. The Labute approximate surface area is 149 Å². The molecule has 3 rings (SSSR count). The molecule has 0 heterocycles. The van der Waals surface area contributed by atoms with Crippen molar-refractivity contribution < 1.29 is 36.2 Å². The summed E-state index contributed by atoms with van der Waals surface area (Å²) in [6.45, 7) is 0. The summed E-state index contributed by atoms with van der Waals surface area (Å²) in [6.07, 6.45) is -8.35. The van der Waals surface area contributed by atoms with E-state index in [0.717, 1.165) is 6.08 Å². The minimum Gasteiger partial charge on any atom is -0.508 e. The molecule has 0 saturated carbocycles. The summed E-state index contributed by atoms with van der Waals surface area (Å²) < 4.78 is 77.7. The molecule has 8 heteroatoms. The highest BCUT2D eigenvalue weighted by Crippen LogP contribution is 2.37. The zero-order valence-electron chi connectivity index (χ0n) is 13.6. The van der Waals surface area contributed by atoms with Crippen molar-refractivity contribution in [2.75, 3.05) is 0 Å². The van der Waals surface area contributed by atoms with Crippen LogP contribution in [0.4, 0.5) is 26.3 Å². The van der Waals surface area contributed by atoms with Gasteiger partial charge in [0.2, 0.25) is 0 Å². The second-order valence-corrected chi connectivity index (χ2v) is 6.18. The lowest BCUT2D eigenvalue weighted by Crippen LogP contribution is -2.14. The summed E-state index contributed by atoms with van der Waals surface area (Å²) in [6, 6.07) is 5.31. The predicted octanol–water partition coefficient (Wildman–Crippen LogP) is 5.64. The van der Waals surface area contributed by atoms with Gasteiger partial charge in [-0.2, -0.15) is 26.3 Å². The third-order valence-corrected chi connectivity index (χ3v) is 4.24. The van der Waals surface area contributed by atoms with Gasteiger partial charge in [-0.3, -0.25) is 4.79 Å². The fourth-order valence-electron chi connectivity index (χ4n) is 2.97. The topological polar surface area (TPSA) is 37.3 Å². The Morgan fingerprint density at radius 2 is 1.44 bits per heavy atom. The van der Waals surface area contributed by atoms with Crippen LogP contribution in [0.15, 0.2) is 42.0 Å². The minimum absolute atomic E-state index is 0.0262. The Morgan fingerprint density at radius 1 is 0.852 bits per heavy atom. The molecule has 1 aliphatic rings. The van der Waals surface area contributed by atoms with Crippen LogP contribution in [0.2, 0.25) is 0 Å². The van der Waals surface area contributed by atoms with Gasteiger partial charge in [0.25, 0.3) is 0 Å². The molecular weight excluding hydrogens is 374 g/mol. The summed E-state index contributed by atoms with van der Waals surface area (Å²) in [5, 5.41) is 9.45. The van der Waals surface area contributed by atoms with E-state index in [1.165, 1.54) is 18.2 Å². The van der Waals surface area contributed by atoms with Crippen LogP contribution in [-0.2, 0) is 18.8 Å². The van der Waals surface area contributed by atoms with E-state index in [0.29, 0.717) is 24.1 Å². The molecule has 2 aromatic carbocycles. The molecule has 0 unspecified atom stereocenters. The van der Waals surface area contributed by atoms with Crippen molar-refractivity contribution in [3.05, 3.63) is 69.8 Å². The van der Waals surface area contributed by atoms with Crippen molar-refractivity contribution in [3.63, 3.8) is 0 Å². The number of aryl methyl sites for hydroxylation is 1. The molecule has 0 atom stereocenters. The van der Waals surface area contributed by atoms with E-state index in [1.54, 1.807) is 0 Å². The lowest BCUT2D eigenvalue weighted by Gasteiger charge is -2.18. The number of ketones is 1. The Hall–Kier alpha value is -2.77. The minimum atomic E-state index is -4.95. The Bertz CT molecular complexity index is 906. The molecule has 27 heavy (non-hydrogen) atoms. The van der Waals surface area contributed by atoms with Crippen LogP contribution >= 0.6 is 0 Å². The van der Waals surface area contributed by atoms with Crippen LogP contribution in [-0.4, -0.2) is 10.9 Å². The highest BCUT2D eigenvalue weighted by atomic mass is 19.4. The standard InChI is InChI=1S/C19H12F6O2/c20-18(21,22)13-6-10(7-14(9-13)19(23,24)25)5-12-2-1-11-8-15(26)3-4-16(11)17(12)27/h3-9,26H,1-2H2/b12-5+. The number of hydrogen-bond donors (Lipinski definition) is 1. The van der Waals surface area contributed by atoms with Crippen molar-refractivity contribution in [1.29, 1.82) is 0 Å². The average Bonchev–Trinajstić information content (AvgIpc) is 2.55. The van der Waals surface area contributed by atoms with Crippen LogP contribution in [0.1, 0.15) is 39.0 Å². The van der Waals surface area contributed by atoms with Gasteiger partial charge in [-0.1, -0.05) is 0 Å². The zero-order valence-corrected chi connectivity index (χ0v) is 13.6. The molecule has 1 N–H and O–H groups in total. The molecule has 0 aromatic heterocycles. The predicted molar refractivity (Wildman–Crippen MR) is 85.2 cm³/mol. The first kappa shape index (κ1) is 19.0. The molecule has 0 saturated heterocycles. The number of halogens is 6. The van der Waals surface area contributed by atoms with Gasteiger partial charge < -0.3 is 5.11 Å². The molecule has 0 radical (unpaired) electrons.